The smallest absolute Gasteiger partial charge is 0.128 e. The normalized spacial score (nSPS) is 12.3. The molecule has 0 fully saturated rings. The first-order chi connectivity index (χ1) is 8.72. The Morgan fingerprint density at radius 1 is 1.22 bits per heavy atom. The summed E-state index contributed by atoms with van der Waals surface area (Å²) in [6.45, 7) is 2.02. The Hall–Kier alpha value is -1.91. The summed E-state index contributed by atoms with van der Waals surface area (Å²) in [6, 6.07) is 12.1. The van der Waals surface area contributed by atoms with Crippen LogP contribution in [-0.2, 0) is 6.42 Å². The van der Waals surface area contributed by atoms with Crippen LogP contribution in [0.2, 0.25) is 0 Å². The molecule has 5 N–H and O–H groups in total. The number of rotatable bonds is 4. The topological polar surface area (TPSA) is 77.0 Å². The lowest BCUT2D eigenvalue weighted by atomic mass is 9.96. The van der Waals surface area contributed by atoms with Crippen molar-refractivity contribution in [3.8, 4) is 0 Å². The van der Waals surface area contributed by atoms with E-state index in [4.69, 9.17) is 11.6 Å². The Balaban J connectivity index is 2.29. The maximum absolute atomic E-state index is 5.94. The zero-order valence-corrected chi connectivity index (χ0v) is 10.4. The minimum Gasteiger partial charge on any atom is -0.383 e. The van der Waals surface area contributed by atoms with Crippen LogP contribution in [0.4, 0.5) is 5.82 Å². The van der Waals surface area contributed by atoms with Gasteiger partial charge in [-0.1, -0.05) is 30.3 Å². The van der Waals surface area contributed by atoms with Gasteiger partial charge in [0.05, 0.1) is 6.04 Å². The molecule has 1 aromatic carbocycles. The van der Waals surface area contributed by atoms with E-state index in [0.29, 0.717) is 5.82 Å². The zero-order valence-electron chi connectivity index (χ0n) is 10.4. The van der Waals surface area contributed by atoms with Crippen LogP contribution in [0.1, 0.15) is 22.7 Å². The number of nitrogens with two attached hydrogens (primary N) is 2. The quantitative estimate of drug-likeness (QED) is 0.563. The Labute approximate surface area is 107 Å². The van der Waals surface area contributed by atoms with Crippen LogP contribution in [0.5, 0.6) is 0 Å². The van der Waals surface area contributed by atoms with Crippen molar-refractivity contribution in [3.05, 3.63) is 59.3 Å². The highest BCUT2D eigenvalue weighted by Gasteiger charge is 2.16. The van der Waals surface area contributed by atoms with Crippen molar-refractivity contribution in [2.24, 2.45) is 5.84 Å². The molecule has 0 aliphatic heterocycles. The highest BCUT2D eigenvalue weighted by atomic mass is 15.2. The van der Waals surface area contributed by atoms with Crippen molar-refractivity contribution in [1.82, 2.24) is 10.4 Å². The maximum atomic E-state index is 5.94. The molecule has 0 aliphatic carbocycles. The lowest BCUT2D eigenvalue weighted by Gasteiger charge is -2.19. The third-order valence-corrected chi connectivity index (χ3v) is 3.07. The molecule has 1 aromatic heterocycles. The van der Waals surface area contributed by atoms with Gasteiger partial charge in [-0.3, -0.25) is 11.3 Å². The molecule has 1 unspecified atom stereocenters. The Morgan fingerprint density at radius 2 is 1.94 bits per heavy atom. The van der Waals surface area contributed by atoms with Crippen molar-refractivity contribution in [2.45, 2.75) is 19.4 Å². The SMILES string of the molecule is Cc1ccnc(N)c1C(Cc1ccccc1)NN. The molecular weight excluding hydrogens is 224 g/mol. The van der Waals surface area contributed by atoms with Gasteiger partial charge < -0.3 is 5.73 Å². The van der Waals surface area contributed by atoms with E-state index in [1.165, 1.54) is 5.56 Å². The number of hydrazine groups is 1. The van der Waals surface area contributed by atoms with Crippen molar-refractivity contribution < 1.29 is 0 Å². The van der Waals surface area contributed by atoms with Gasteiger partial charge >= 0.3 is 0 Å². The molecule has 94 valence electrons. The lowest BCUT2D eigenvalue weighted by Crippen LogP contribution is -2.31. The first-order valence-corrected chi connectivity index (χ1v) is 5.93. The summed E-state index contributed by atoms with van der Waals surface area (Å²) < 4.78 is 0. The van der Waals surface area contributed by atoms with Gasteiger partial charge in [-0.2, -0.15) is 0 Å². The summed E-state index contributed by atoms with van der Waals surface area (Å²) in [7, 11) is 0. The molecule has 0 radical (unpaired) electrons. The van der Waals surface area contributed by atoms with Crippen LogP contribution in [0.25, 0.3) is 0 Å². The largest absolute Gasteiger partial charge is 0.383 e. The second-order valence-corrected chi connectivity index (χ2v) is 4.34. The zero-order chi connectivity index (χ0) is 13.0. The van der Waals surface area contributed by atoms with Gasteiger partial charge in [0.1, 0.15) is 5.82 Å². The summed E-state index contributed by atoms with van der Waals surface area (Å²) in [6.07, 6.45) is 2.50. The predicted molar refractivity (Wildman–Crippen MR) is 73.6 cm³/mol. The third-order valence-electron chi connectivity index (χ3n) is 3.07. The number of hydrogen-bond donors (Lipinski definition) is 3. The molecule has 2 rings (SSSR count). The summed E-state index contributed by atoms with van der Waals surface area (Å²) in [4.78, 5) is 4.13. The molecule has 0 saturated heterocycles. The monoisotopic (exact) mass is 242 g/mol. The van der Waals surface area contributed by atoms with Gasteiger partial charge in [-0.15, -0.1) is 0 Å². The van der Waals surface area contributed by atoms with Crippen LogP contribution >= 0.6 is 0 Å². The first kappa shape index (κ1) is 12.5. The molecule has 0 saturated carbocycles. The van der Waals surface area contributed by atoms with E-state index >= 15 is 0 Å². The van der Waals surface area contributed by atoms with Crippen molar-refractivity contribution in [2.75, 3.05) is 5.73 Å². The standard InChI is InChI=1S/C14H18N4/c1-10-7-8-17-14(15)13(10)12(18-16)9-11-5-3-2-4-6-11/h2-8,12,18H,9,16H2,1H3,(H2,15,17). The van der Waals surface area contributed by atoms with Gasteiger partial charge in [0, 0.05) is 11.8 Å². The molecule has 0 aliphatic rings. The number of nitrogen functional groups attached to an aromatic ring is 1. The van der Waals surface area contributed by atoms with E-state index in [1.54, 1.807) is 6.20 Å². The molecule has 4 heteroatoms. The van der Waals surface area contributed by atoms with E-state index in [-0.39, 0.29) is 6.04 Å². The maximum Gasteiger partial charge on any atom is 0.128 e. The molecule has 0 spiro atoms. The van der Waals surface area contributed by atoms with E-state index in [9.17, 15) is 0 Å². The van der Waals surface area contributed by atoms with E-state index in [2.05, 4.69) is 22.5 Å². The van der Waals surface area contributed by atoms with Gasteiger partial charge in [0.2, 0.25) is 0 Å². The second-order valence-electron chi connectivity index (χ2n) is 4.34. The minimum absolute atomic E-state index is 0.0268. The highest BCUT2D eigenvalue weighted by molar-refractivity contribution is 5.46. The first-order valence-electron chi connectivity index (χ1n) is 5.93. The van der Waals surface area contributed by atoms with Crippen molar-refractivity contribution in [1.29, 1.82) is 0 Å². The van der Waals surface area contributed by atoms with Crippen LogP contribution in [0.15, 0.2) is 42.6 Å². The number of aromatic nitrogens is 1. The summed E-state index contributed by atoms with van der Waals surface area (Å²) in [5.41, 5.74) is 12.1. The number of nitrogens with zero attached hydrogens (tertiary/aromatic N) is 1. The molecule has 0 amide bonds. The number of nitrogens with one attached hydrogen (secondary N) is 1. The molecule has 4 nitrogen and oxygen atoms in total. The Bertz CT molecular complexity index is 490. The Morgan fingerprint density at radius 3 is 2.56 bits per heavy atom. The van der Waals surface area contributed by atoms with Gasteiger partial charge in [-0.05, 0) is 30.5 Å². The number of benzene rings is 1. The fraction of sp³-hybridized carbons (Fsp3) is 0.214. The summed E-state index contributed by atoms with van der Waals surface area (Å²) >= 11 is 0. The van der Waals surface area contributed by atoms with Crippen LogP contribution in [0, 0.1) is 6.92 Å². The van der Waals surface area contributed by atoms with E-state index in [0.717, 1.165) is 17.5 Å². The minimum atomic E-state index is -0.0268. The average molecular weight is 242 g/mol. The van der Waals surface area contributed by atoms with Crippen molar-refractivity contribution in [3.63, 3.8) is 0 Å². The molecule has 2 aromatic rings. The van der Waals surface area contributed by atoms with Gasteiger partial charge in [-0.25, -0.2) is 4.98 Å². The molecule has 1 atom stereocenters. The predicted octanol–water partition coefficient (Wildman–Crippen LogP) is 1.72. The molecule has 1 heterocycles. The molecule has 18 heavy (non-hydrogen) atoms. The Kier molecular flexibility index (Phi) is 3.92. The fourth-order valence-corrected chi connectivity index (χ4v) is 2.14. The van der Waals surface area contributed by atoms with Crippen LogP contribution in [-0.4, -0.2) is 4.98 Å². The van der Waals surface area contributed by atoms with Crippen LogP contribution in [0.3, 0.4) is 0 Å². The highest BCUT2D eigenvalue weighted by Crippen LogP contribution is 2.24. The van der Waals surface area contributed by atoms with E-state index < -0.39 is 0 Å². The summed E-state index contributed by atoms with van der Waals surface area (Å²) in [5, 5.41) is 0. The number of hydrogen-bond acceptors (Lipinski definition) is 4. The fourth-order valence-electron chi connectivity index (χ4n) is 2.14. The van der Waals surface area contributed by atoms with Crippen molar-refractivity contribution >= 4 is 5.82 Å². The number of anilines is 1. The molecular formula is C14H18N4. The lowest BCUT2D eigenvalue weighted by molar-refractivity contribution is 0.549. The average Bonchev–Trinajstić information content (AvgIpc) is 2.38. The van der Waals surface area contributed by atoms with Crippen LogP contribution < -0.4 is 17.0 Å². The summed E-state index contributed by atoms with van der Waals surface area (Å²) in [5.74, 6) is 6.19. The van der Waals surface area contributed by atoms with E-state index in [1.807, 2.05) is 31.2 Å². The number of pyridine rings is 1. The van der Waals surface area contributed by atoms with Gasteiger partial charge in [0.25, 0.3) is 0 Å². The number of aryl methyl sites for hydroxylation is 1. The van der Waals surface area contributed by atoms with Gasteiger partial charge in [0.15, 0.2) is 0 Å². The third kappa shape index (κ3) is 2.67. The molecule has 0 bridgehead atoms. The second kappa shape index (κ2) is 5.62.